The maximum Gasteiger partial charge on any atom is 0.227 e. The van der Waals surface area contributed by atoms with Crippen LogP contribution >= 0.6 is 0 Å². The smallest absolute Gasteiger partial charge is 0.227 e. The van der Waals surface area contributed by atoms with Crippen LogP contribution in [-0.2, 0) is 16.0 Å². The van der Waals surface area contributed by atoms with E-state index in [9.17, 15) is 4.79 Å². The van der Waals surface area contributed by atoms with Crippen LogP contribution in [0.5, 0.6) is 0 Å². The number of ether oxygens (including phenoxy) is 1. The number of fused-ring (bicyclic) bond motifs is 1. The van der Waals surface area contributed by atoms with E-state index < -0.39 is 0 Å². The highest BCUT2D eigenvalue weighted by atomic mass is 16.5. The fourth-order valence-electron chi connectivity index (χ4n) is 2.52. The van der Waals surface area contributed by atoms with Gasteiger partial charge in [-0.05, 0) is 25.0 Å². The minimum absolute atomic E-state index is 0.00212. The standard InChI is InChI=1S/C15H22N2O2/c1-4-15(18)17-13(10-16-11(2)19-3)9-12-7-5-6-8-14(12)17/h5-8,11,13,16H,4,9-10H2,1-3H3/t11?,13-/m0/s1. The number of para-hydroxylation sites is 1. The molecule has 0 aromatic heterocycles. The third-order valence-corrected chi connectivity index (χ3v) is 3.64. The number of hydrogen-bond donors (Lipinski definition) is 1. The summed E-state index contributed by atoms with van der Waals surface area (Å²) in [4.78, 5) is 14.1. The van der Waals surface area contributed by atoms with Crippen LogP contribution in [0.2, 0.25) is 0 Å². The molecule has 0 bridgehead atoms. The van der Waals surface area contributed by atoms with Crippen LogP contribution in [0.3, 0.4) is 0 Å². The number of anilines is 1. The van der Waals surface area contributed by atoms with Crippen LogP contribution in [0.4, 0.5) is 5.69 Å². The molecule has 4 nitrogen and oxygen atoms in total. The van der Waals surface area contributed by atoms with E-state index in [2.05, 4.69) is 11.4 Å². The monoisotopic (exact) mass is 262 g/mol. The lowest BCUT2D eigenvalue weighted by atomic mass is 10.1. The molecule has 0 saturated carbocycles. The maximum atomic E-state index is 12.2. The van der Waals surface area contributed by atoms with Crippen LogP contribution in [0.1, 0.15) is 25.8 Å². The molecule has 104 valence electrons. The zero-order chi connectivity index (χ0) is 13.8. The van der Waals surface area contributed by atoms with Crippen molar-refractivity contribution in [1.29, 1.82) is 0 Å². The van der Waals surface area contributed by atoms with Gasteiger partial charge in [0.1, 0.15) is 6.23 Å². The lowest BCUT2D eigenvalue weighted by Crippen LogP contribution is -2.45. The number of carbonyl (C=O) groups is 1. The van der Waals surface area contributed by atoms with Gasteiger partial charge in [0.2, 0.25) is 5.91 Å². The topological polar surface area (TPSA) is 41.6 Å². The first-order chi connectivity index (χ1) is 9.17. The van der Waals surface area contributed by atoms with E-state index in [0.717, 1.165) is 18.7 Å². The summed E-state index contributed by atoms with van der Waals surface area (Å²) in [5.41, 5.74) is 2.31. The van der Waals surface area contributed by atoms with Crippen molar-refractivity contribution in [3.8, 4) is 0 Å². The average molecular weight is 262 g/mol. The number of hydrogen-bond acceptors (Lipinski definition) is 3. The van der Waals surface area contributed by atoms with Gasteiger partial charge in [-0.15, -0.1) is 0 Å². The van der Waals surface area contributed by atoms with Gasteiger partial charge in [-0.3, -0.25) is 10.1 Å². The van der Waals surface area contributed by atoms with Gasteiger partial charge in [0.05, 0.1) is 6.04 Å². The normalized spacial score (nSPS) is 19.3. The van der Waals surface area contributed by atoms with Crippen molar-refractivity contribution in [2.75, 3.05) is 18.6 Å². The molecule has 2 atom stereocenters. The Balaban J connectivity index is 2.14. The molecule has 0 radical (unpaired) electrons. The summed E-state index contributed by atoms with van der Waals surface area (Å²) < 4.78 is 5.19. The molecule has 1 aliphatic heterocycles. The summed E-state index contributed by atoms with van der Waals surface area (Å²) in [5, 5.41) is 3.30. The van der Waals surface area contributed by atoms with E-state index in [1.165, 1.54) is 5.56 Å². The van der Waals surface area contributed by atoms with Crippen molar-refractivity contribution in [2.24, 2.45) is 0 Å². The van der Waals surface area contributed by atoms with Gasteiger partial charge in [-0.1, -0.05) is 25.1 Å². The second-order valence-corrected chi connectivity index (χ2v) is 4.89. The molecule has 0 fully saturated rings. The van der Waals surface area contributed by atoms with Crippen LogP contribution in [-0.4, -0.2) is 31.8 Å². The Kier molecular flexibility index (Phi) is 4.56. The zero-order valence-corrected chi connectivity index (χ0v) is 11.8. The zero-order valence-electron chi connectivity index (χ0n) is 11.8. The molecule has 1 aliphatic rings. The molecule has 0 aliphatic carbocycles. The van der Waals surface area contributed by atoms with E-state index in [0.29, 0.717) is 6.42 Å². The first-order valence-electron chi connectivity index (χ1n) is 6.83. The molecule has 1 N–H and O–H groups in total. The Morgan fingerprint density at radius 2 is 2.26 bits per heavy atom. The van der Waals surface area contributed by atoms with Crippen molar-refractivity contribution in [1.82, 2.24) is 5.32 Å². The Bertz CT molecular complexity index is 448. The fourth-order valence-corrected chi connectivity index (χ4v) is 2.52. The molecule has 2 rings (SSSR count). The maximum absolute atomic E-state index is 12.2. The summed E-state index contributed by atoms with van der Waals surface area (Å²) in [6, 6.07) is 8.33. The predicted octanol–water partition coefficient (Wildman–Crippen LogP) is 1.94. The minimum Gasteiger partial charge on any atom is -0.367 e. The Hall–Kier alpha value is -1.39. The average Bonchev–Trinajstić information content (AvgIpc) is 2.82. The third-order valence-electron chi connectivity index (χ3n) is 3.64. The quantitative estimate of drug-likeness (QED) is 0.825. The SMILES string of the molecule is CCC(=O)N1c2ccccc2C[C@H]1CNC(C)OC. The van der Waals surface area contributed by atoms with Crippen molar-refractivity contribution in [3.05, 3.63) is 29.8 Å². The number of carbonyl (C=O) groups excluding carboxylic acids is 1. The highest BCUT2D eigenvalue weighted by Gasteiger charge is 2.32. The van der Waals surface area contributed by atoms with Crippen LogP contribution < -0.4 is 10.2 Å². The highest BCUT2D eigenvalue weighted by molar-refractivity contribution is 5.96. The molecular weight excluding hydrogens is 240 g/mol. The van der Waals surface area contributed by atoms with Crippen molar-refractivity contribution in [2.45, 2.75) is 39.0 Å². The summed E-state index contributed by atoms with van der Waals surface area (Å²) in [6.45, 7) is 4.62. The largest absolute Gasteiger partial charge is 0.367 e. The number of nitrogens with one attached hydrogen (secondary N) is 1. The van der Waals surface area contributed by atoms with Gasteiger partial charge in [-0.2, -0.15) is 0 Å². The number of rotatable bonds is 5. The minimum atomic E-state index is 0.00212. The van der Waals surface area contributed by atoms with Gasteiger partial charge in [-0.25, -0.2) is 0 Å². The van der Waals surface area contributed by atoms with Crippen molar-refractivity contribution in [3.63, 3.8) is 0 Å². The van der Waals surface area contributed by atoms with Gasteiger partial charge < -0.3 is 9.64 Å². The van der Waals surface area contributed by atoms with E-state index in [1.54, 1.807) is 7.11 Å². The summed E-state index contributed by atoms with van der Waals surface area (Å²) >= 11 is 0. The molecule has 0 saturated heterocycles. The first kappa shape index (κ1) is 14.0. The molecule has 19 heavy (non-hydrogen) atoms. The lowest BCUT2D eigenvalue weighted by molar-refractivity contribution is -0.118. The van der Waals surface area contributed by atoms with E-state index in [4.69, 9.17) is 4.74 Å². The fraction of sp³-hybridized carbons (Fsp3) is 0.533. The number of benzene rings is 1. The van der Waals surface area contributed by atoms with E-state index >= 15 is 0 Å². The molecular formula is C15H22N2O2. The molecule has 4 heteroatoms. The van der Waals surface area contributed by atoms with Gasteiger partial charge in [0.15, 0.2) is 0 Å². The predicted molar refractivity (Wildman–Crippen MR) is 76.2 cm³/mol. The van der Waals surface area contributed by atoms with E-state index in [-0.39, 0.29) is 18.2 Å². The van der Waals surface area contributed by atoms with Gasteiger partial charge >= 0.3 is 0 Å². The van der Waals surface area contributed by atoms with Crippen molar-refractivity contribution < 1.29 is 9.53 Å². The molecule has 0 spiro atoms. The second kappa shape index (κ2) is 6.17. The van der Waals surface area contributed by atoms with Crippen molar-refractivity contribution >= 4 is 11.6 Å². The summed E-state index contributed by atoms with van der Waals surface area (Å²) in [7, 11) is 1.68. The lowest BCUT2D eigenvalue weighted by Gasteiger charge is -2.26. The van der Waals surface area contributed by atoms with Crippen LogP contribution in [0, 0.1) is 0 Å². The number of methoxy groups -OCH3 is 1. The van der Waals surface area contributed by atoms with Gasteiger partial charge in [0.25, 0.3) is 0 Å². The Labute approximate surface area is 114 Å². The Morgan fingerprint density at radius 1 is 1.53 bits per heavy atom. The molecule has 1 unspecified atom stereocenters. The molecule has 1 heterocycles. The third kappa shape index (κ3) is 2.96. The molecule has 1 aromatic carbocycles. The second-order valence-electron chi connectivity index (χ2n) is 4.89. The first-order valence-corrected chi connectivity index (χ1v) is 6.83. The van der Waals surface area contributed by atoms with E-state index in [1.807, 2.05) is 36.9 Å². The summed E-state index contributed by atoms with van der Waals surface area (Å²) in [6.07, 6.45) is 1.44. The summed E-state index contributed by atoms with van der Waals surface area (Å²) in [5.74, 6) is 0.182. The van der Waals surface area contributed by atoms with Crippen LogP contribution in [0.25, 0.3) is 0 Å². The molecule has 1 amide bonds. The number of amides is 1. The Morgan fingerprint density at radius 3 is 2.95 bits per heavy atom. The number of nitrogens with zero attached hydrogens (tertiary/aromatic N) is 1. The van der Waals surface area contributed by atoms with Crippen LogP contribution in [0.15, 0.2) is 24.3 Å². The molecule has 1 aromatic rings. The highest BCUT2D eigenvalue weighted by Crippen LogP contribution is 2.32. The van der Waals surface area contributed by atoms with Gasteiger partial charge in [0, 0.05) is 25.8 Å².